The molecule has 2 atom stereocenters. The highest BCUT2D eigenvalue weighted by atomic mass is 79.9. The second-order valence-electron chi connectivity index (χ2n) is 7.71. The number of aliphatic hydroxyl groups excluding tert-OH is 3. The van der Waals surface area contributed by atoms with Crippen LogP contribution in [0, 0.1) is 0 Å². The number of unbranched alkanes of at least 4 members (excludes halogenated alkanes) is 7. The van der Waals surface area contributed by atoms with Crippen molar-refractivity contribution in [1.82, 2.24) is 9.97 Å². The van der Waals surface area contributed by atoms with Gasteiger partial charge in [-0.15, -0.1) is 0 Å². The molecule has 4 N–H and O–H groups in total. The molecule has 0 saturated carbocycles. The van der Waals surface area contributed by atoms with E-state index in [2.05, 4.69) is 32.0 Å². The lowest BCUT2D eigenvalue weighted by Gasteiger charge is -2.17. The Balaban J connectivity index is 1.49. The number of nitrogens with zero attached hydrogens (tertiary/aromatic N) is 1. The SMILES string of the molecule is OCCCCCCC(O)C(O)CCCCCCCc1nc2ccc(Br)cc2[nH]1. The molecule has 0 bridgehead atoms. The van der Waals surface area contributed by atoms with Crippen molar-refractivity contribution >= 4 is 27.0 Å². The Bertz CT molecular complexity index is 677. The van der Waals surface area contributed by atoms with Crippen LogP contribution in [0.1, 0.15) is 76.5 Å². The molecular weight excluding hydrogens is 420 g/mol. The molecule has 0 fully saturated rings. The summed E-state index contributed by atoms with van der Waals surface area (Å²) in [6, 6.07) is 6.09. The van der Waals surface area contributed by atoms with E-state index >= 15 is 0 Å². The summed E-state index contributed by atoms with van der Waals surface area (Å²) in [6.45, 7) is 0.238. The zero-order valence-corrected chi connectivity index (χ0v) is 18.3. The number of nitrogens with one attached hydrogen (secondary N) is 1. The van der Waals surface area contributed by atoms with Crippen molar-refractivity contribution in [3.8, 4) is 0 Å². The first-order valence-corrected chi connectivity index (χ1v) is 11.5. The number of rotatable bonds is 15. The number of aliphatic hydroxyl groups is 3. The van der Waals surface area contributed by atoms with E-state index in [1.54, 1.807) is 0 Å². The van der Waals surface area contributed by atoms with Gasteiger partial charge in [-0.25, -0.2) is 4.98 Å². The lowest BCUT2D eigenvalue weighted by Crippen LogP contribution is -2.25. The van der Waals surface area contributed by atoms with E-state index < -0.39 is 12.2 Å². The molecule has 0 aliphatic rings. The standard InChI is InChI=1S/C22H35BrN2O3/c23-17-13-14-18-19(16-17)25-22(24-18)12-8-3-1-2-6-10-20(27)21(28)11-7-4-5-9-15-26/h13-14,16,20-21,26-28H,1-12,15H2,(H,24,25). The first-order chi connectivity index (χ1) is 13.6. The van der Waals surface area contributed by atoms with E-state index in [0.717, 1.165) is 85.5 Å². The number of H-pyrrole nitrogens is 1. The molecule has 1 aromatic carbocycles. The van der Waals surface area contributed by atoms with Gasteiger partial charge in [0.15, 0.2) is 0 Å². The third kappa shape index (κ3) is 8.60. The molecule has 0 aliphatic carbocycles. The Kier molecular flexibility index (Phi) is 11.1. The monoisotopic (exact) mass is 454 g/mol. The van der Waals surface area contributed by atoms with Gasteiger partial charge in [-0.05, 0) is 43.9 Å². The molecular formula is C22H35BrN2O3. The lowest BCUT2D eigenvalue weighted by molar-refractivity contribution is 0.00709. The van der Waals surface area contributed by atoms with Crippen LogP contribution in [0.2, 0.25) is 0 Å². The minimum atomic E-state index is -0.609. The average molecular weight is 455 g/mol. The number of aromatic amines is 1. The fraction of sp³-hybridized carbons (Fsp3) is 0.682. The smallest absolute Gasteiger partial charge is 0.107 e. The van der Waals surface area contributed by atoms with Crippen LogP contribution < -0.4 is 0 Å². The molecule has 0 amide bonds. The van der Waals surface area contributed by atoms with Crippen molar-refractivity contribution in [1.29, 1.82) is 0 Å². The quantitative estimate of drug-likeness (QED) is 0.289. The number of benzene rings is 1. The van der Waals surface area contributed by atoms with Gasteiger partial charge in [0.05, 0.1) is 23.2 Å². The van der Waals surface area contributed by atoms with Crippen LogP contribution >= 0.6 is 15.9 Å². The Morgan fingerprint density at radius 2 is 1.46 bits per heavy atom. The van der Waals surface area contributed by atoms with Crippen molar-refractivity contribution in [2.24, 2.45) is 0 Å². The van der Waals surface area contributed by atoms with Crippen molar-refractivity contribution < 1.29 is 15.3 Å². The molecule has 6 heteroatoms. The normalized spacial score (nSPS) is 13.9. The summed E-state index contributed by atoms with van der Waals surface area (Å²) < 4.78 is 1.06. The Morgan fingerprint density at radius 1 is 0.857 bits per heavy atom. The molecule has 0 saturated heterocycles. The fourth-order valence-corrected chi connectivity index (χ4v) is 3.89. The summed E-state index contributed by atoms with van der Waals surface area (Å²) >= 11 is 3.48. The van der Waals surface area contributed by atoms with Crippen molar-refractivity contribution in [3.05, 3.63) is 28.5 Å². The highest BCUT2D eigenvalue weighted by Crippen LogP contribution is 2.19. The summed E-state index contributed by atoms with van der Waals surface area (Å²) in [5, 5.41) is 28.8. The third-order valence-corrected chi connectivity index (χ3v) is 5.75. The summed E-state index contributed by atoms with van der Waals surface area (Å²) in [5.41, 5.74) is 2.09. The molecule has 5 nitrogen and oxygen atoms in total. The minimum absolute atomic E-state index is 0.238. The van der Waals surface area contributed by atoms with Crippen LogP contribution in [-0.4, -0.2) is 44.1 Å². The maximum Gasteiger partial charge on any atom is 0.107 e. The van der Waals surface area contributed by atoms with Gasteiger partial charge >= 0.3 is 0 Å². The van der Waals surface area contributed by atoms with Crippen LogP contribution in [0.3, 0.4) is 0 Å². The molecule has 0 aliphatic heterocycles. The van der Waals surface area contributed by atoms with Crippen LogP contribution in [0.15, 0.2) is 22.7 Å². The number of hydrogen-bond acceptors (Lipinski definition) is 4. The molecule has 28 heavy (non-hydrogen) atoms. The molecule has 1 heterocycles. The van der Waals surface area contributed by atoms with Crippen LogP contribution in [0.25, 0.3) is 11.0 Å². The lowest BCUT2D eigenvalue weighted by atomic mass is 10.00. The van der Waals surface area contributed by atoms with E-state index in [0.29, 0.717) is 12.8 Å². The summed E-state index contributed by atoms with van der Waals surface area (Å²) in [5.74, 6) is 1.05. The highest BCUT2D eigenvalue weighted by Gasteiger charge is 2.15. The topological polar surface area (TPSA) is 89.4 Å². The number of fused-ring (bicyclic) bond motifs is 1. The van der Waals surface area contributed by atoms with Gasteiger partial charge in [0.2, 0.25) is 0 Å². The third-order valence-electron chi connectivity index (χ3n) is 5.26. The van der Waals surface area contributed by atoms with E-state index in [-0.39, 0.29) is 6.61 Å². The molecule has 0 spiro atoms. The average Bonchev–Trinajstić information content (AvgIpc) is 3.08. The molecule has 2 aromatic rings. The van der Waals surface area contributed by atoms with E-state index in [4.69, 9.17) is 5.11 Å². The van der Waals surface area contributed by atoms with E-state index in [1.165, 1.54) is 0 Å². The second kappa shape index (κ2) is 13.3. The molecule has 1 aromatic heterocycles. The van der Waals surface area contributed by atoms with Crippen LogP contribution in [-0.2, 0) is 6.42 Å². The zero-order chi connectivity index (χ0) is 20.2. The number of halogens is 1. The van der Waals surface area contributed by atoms with Gasteiger partial charge in [0.25, 0.3) is 0 Å². The summed E-state index contributed by atoms with van der Waals surface area (Å²) in [7, 11) is 0. The molecule has 2 unspecified atom stereocenters. The Labute approximate surface area is 176 Å². The molecule has 0 radical (unpaired) electrons. The zero-order valence-electron chi connectivity index (χ0n) is 16.7. The van der Waals surface area contributed by atoms with Crippen molar-refractivity contribution in [2.75, 3.05) is 6.61 Å². The maximum atomic E-state index is 10.1. The highest BCUT2D eigenvalue weighted by molar-refractivity contribution is 9.10. The molecule has 158 valence electrons. The Hall–Kier alpha value is -0.950. The van der Waals surface area contributed by atoms with Gasteiger partial charge in [0, 0.05) is 17.5 Å². The van der Waals surface area contributed by atoms with Crippen LogP contribution in [0.4, 0.5) is 0 Å². The van der Waals surface area contributed by atoms with Crippen molar-refractivity contribution in [3.63, 3.8) is 0 Å². The van der Waals surface area contributed by atoms with E-state index in [1.807, 2.05) is 12.1 Å². The van der Waals surface area contributed by atoms with Crippen LogP contribution in [0.5, 0.6) is 0 Å². The number of aryl methyl sites for hydroxylation is 1. The Morgan fingerprint density at radius 3 is 2.14 bits per heavy atom. The largest absolute Gasteiger partial charge is 0.396 e. The fourth-order valence-electron chi connectivity index (χ4n) is 3.53. The van der Waals surface area contributed by atoms with Gasteiger partial charge in [-0.2, -0.15) is 0 Å². The number of imidazole rings is 1. The first-order valence-electron chi connectivity index (χ1n) is 10.7. The first kappa shape index (κ1) is 23.3. The summed E-state index contributed by atoms with van der Waals surface area (Å²) in [4.78, 5) is 8.00. The predicted molar refractivity (Wildman–Crippen MR) is 117 cm³/mol. The number of hydrogen-bond donors (Lipinski definition) is 4. The molecule has 2 rings (SSSR count). The number of aromatic nitrogens is 2. The second-order valence-corrected chi connectivity index (χ2v) is 8.63. The maximum absolute atomic E-state index is 10.1. The predicted octanol–water partition coefficient (Wildman–Crippen LogP) is 4.87. The van der Waals surface area contributed by atoms with E-state index in [9.17, 15) is 10.2 Å². The van der Waals surface area contributed by atoms with Gasteiger partial charge in [-0.3, -0.25) is 0 Å². The summed E-state index contributed by atoms with van der Waals surface area (Å²) in [6.07, 6.45) is 10.3. The van der Waals surface area contributed by atoms with Crippen molar-refractivity contribution in [2.45, 2.75) is 89.3 Å². The van der Waals surface area contributed by atoms with Gasteiger partial charge in [0.1, 0.15) is 5.82 Å². The van der Waals surface area contributed by atoms with Gasteiger partial charge < -0.3 is 20.3 Å². The van der Waals surface area contributed by atoms with Gasteiger partial charge in [-0.1, -0.05) is 60.9 Å². The minimum Gasteiger partial charge on any atom is -0.396 e.